The first-order chi connectivity index (χ1) is 30.0. The van der Waals surface area contributed by atoms with Gasteiger partial charge in [0, 0.05) is 12.3 Å². The molecule has 3 saturated heterocycles. The van der Waals surface area contributed by atoms with Crippen LogP contribution in [0.15, 0.2) is 0 Å². The Morgan fingerprint density at radius 1 is 0.703 bits per heavy atom. The second-order valence-corrected chi connectivity index (χ2v) is 21.4. The maximum atomic E-state index is 14.3. The van der Waals surface area contributed by atoms with Gasteiger partial charge in [0.2, 0.25) is 0 Å². The fraction of sp³-hybridized carbons (Fsp3) is 0.978. The lowest BCUT2D eigenvalue weighted by Crippen LogP contribution is -2.62. The first-order valence-corrected chi connectivity index (χ1v) is 23.5. The Hall–Kier alpha value is -1.05. The summed E-state index contributed by atoms with van der Waals surface area (Å²) in [5.74, 6) is -0.414. The van der Waals surface area contributed by atoms with Crippen molar-refractivity contribution < 1.29 is 94.5 Å². The SMILES string of the molecule is CC(C)[C@H](O[C@@H]1O[C@H](C)[C@H](O)[C@H](O)[C@H]1O)[C@H](O)C[C@@H](C)[C@H]1[C@@H](O)C[C@H]2[C@@H]3CC(=O)[C@H]4C[C@@H](O[C@@H]5O[C@H](CO[C@@H]6O[C@H](CO)[C@@H](O)[C@H](O)[C@H]6O)[C@@H](O)[C@H](O)[C@H]5O)CC[C@]4(C)[C@H]3CC[C@]12C. The number of carbonyl (C=O) groups is 1. The lowest BCUT2D eigenvalue weighted by atomic mass is 9.44. The Morgan fingerprint density at radius 3 is 1.95 bits per heavy atom. The van der Waals surface area contributed by atoms with Gasteiger partial charge in [-0.05, 0) is 98.2 Å². The number of aliphatic hydroxyl groups is 12. The van der Waals surface area contributed by atoms with Crippen molar-refractivity contribution in [1.82, 2.24) is 0 Å². The van der Waals surface area contributed by atoms with Gasteiger partial charge in [0.15, 0.2) is 18.9 Å². The Bertz CT molecular complexity index is 1570. The fourth-order valence-electron chi connectivity index (χ4n) is 13.6. The molecule has 7 fully saturated rings. The minimum Gasteiger partial charge on any atom is -0.394 e. The van der Waals surface area contributed by atoms with E-state index in [9.17, 15) is 66.1 Å². The number of Topliss-reactive ketones (excluding diaryl/α,β-unsaturated/α-hetero) is 1. The van der Waals surface area contributed by atoms with Gasteiger partial charge in [-0.15, -0.1) is 0 Å². The highest BCUT2D eigenvalue weighted by Crippen LogP contribution is 2.68. The highest BCUT2D eigenvalue weighted by atomic mass is 16.7. The summed E-state index contributed by atoms with van der Waals surface area (Å²) in [6.45, 7) is 10.6. The molecule has 19 nitrogen and oxygen atoms in total. The summed E-state index contributed by atoms with van der Waals surface area (Å²) >= 11 is 0. The number of ether oxygens (including phenoxy) is 6. The van der Waals surface area contributed by atoms with E-state index in [0.29, 0.717) is 38.5 Å². The van der Waals surface area contributed by atoms with Crippen molar-refractivity contribution in [1.29, 1.82) is 0 Å². The molecule has 370 valence electrons. The Balaban J connectivity index is 0.970. The second kappa shape index (κ2) is 19.7. The molecular formula is C45H76O19. The normalized spacial score (nSPS) is 52.4. The molecular weight excluding hydrogens is 844 g/mol. The van der Waals surface area contributed by atoms with Crippen LogP contribution in [0, 0.1) is 52.3 Å². The van der Waals surface area contributed by atoms with Gasteiger partial charge in [-0.25, -0.2) is 0 Å². The highest BCUT2D eigenvalue weighted by Gasteiger charge is 2.65. The predicted octanol–water partition coefficient (Wildman–Crippen LogP) is -1.94. The third-order valence-electron chi connectivity index (χ3n) is 17.1. The average Bonchev–Trinajstić information content (AvgIpc) is 3.53. The summed E-state index contributed by atoms with van der Waals surface area (Å²) in [6.07, 6.45) is -20.2. The Labute approximate surface area is 374 Å². The van der Waals surface area contributed by atoms with E-state index < -0.39 is 130 Å². The van der Waals surface area contributed by atoms with Crippen molar-refractivity contribution in [2.24, 2.45) is 52.3 Å². The molecule has 64 heavy (non-hydrogen) atoms. The van der Waals surface area contributed by atoms with Crippen molar-refractivity contribution in [3.63, 3.8) is 0 Å². The van der Waals surface area contributed by atoms with Crippen LogP contribution in [0.3, 0.4) is 0 Å². The van der Waals surface area contributed by atoms with Crippen molar-refractivity contribution in [3.8, 4) is 0 Å². The molecule has 0 aromatic rings. The number of ketones is 1. The smallest absolute Gasteiger partial charge is 0.186 e. The van der Waals surface area contributed by atoms with Gasteiger partial charge in [0.05, 0.1) is 43.7 Å². The zero-order valence-electron chi connectivity index (χ0n) is 37.8. The second-order valence-electron chi connectivity index (χ2n) is 21.4. The highest BCUT2D eigenvalue weighted by molar-refractivity contribution is 5.83. The number of aliphatic hydroxyl groups excluding tert-OH is 12. The minimum atomic E-state index is -1.70. The molecule has 0 amide bonds. The summed E-state index contributed by atoms with van der Waals surface area (Å²) < 4.78 is 34.9. The van der Waals surface area contributed by atoms with Crippen molar-refractivity contribution in [2.45, 2.75) is 209 Å². The Kier molecular flexibility index (Phi) is 15.7. The quantitative estimate of drug-likeness (QED) is 0.0895. The Morgan fingerprint density at radius 2 is 1.30 bits per heavy atom. The van der Waals surface area contributed by atoms with E-state index in [2.05, 4.69) is 13.8 Å². The zero-order valence-corrected chi connectivity index (χ0v) is 37.8. The molecule has 0 bridgehead atoms. The van der Waals surface area contributed by atoms with Crippen LogP contribution in [0.5, 0.6) is 0 Å². The number of carbonyl (C=O) groups excluding carboxylic acids is 1. The third kappa shape index (κ3) is 9.24. The molecule has 3 heterocycles. The van der Waals surface area contributed by atoms with E-state index in [1.54, 1.807) is 6.92 Å². The van der Waals surface area contributed by atoms with Crippen molar-refractivity contribution >= 4 is 5.78 Å². The van der Waals surface area contributed by atoms with Gasteiger partial charge in [0.25, 0.3) is 0 Å². The monoisotopic (exact) mass is 920 g/mol. The maximum absolute atomic E-state index is 14.3. The van der Waals surface area contributed by atoms with Crippen LogP contribution in [-0.4, -0.2) is 197 Å². The van der Waals surface area contributed by atoms with Gasteiger partial charge >= 0.3 is 0 Å². The van der Waals surface area contributed by atoms with E-state index in [1.807, 2.05) is 20.8 Å². The van der Waals surface area contributed by atoms with E-state index in [0.717, 1.165) is 12.8 Å². The van der Waals surface area contributed by atoms with Gasteiger partial charge in [-0.3, -0.25) is 4.79 Å². The minimum absolute atomic E-state index is 0.0479. The van der Waals surface area contributed by atoms with Gasteiger partial charge in [-0.2, -0.15) is 0 Å². The molecule has 19 heteroatoms. The summed E-state index contributed by atoms with van der Waals surface area (Å²) in [6, 6.07) is 0. The number of hydrogen-bond donors (Lipinski definition) is 12. The average molecular weight is 921 g/mol. The van der Waals surface area contributed by atoms with Crippen molar-refractivity contribution in [3.05, 3.63) is 0 Å². The molecule has 4 aliphatic carbocycles. The van der Waals surface area contributed by atoms with E-state index in [-0.39, 0.29) is 58.0 Å². The van der Waals surface area contributed by atoms with Gasteiger partial charge < -0.3 is 89.7 Å². The molecule has 4 saturated carbocycles. The maximum Gasteiger partial charge on any atom is 0.186 e. The van der Waals surface area contributed by atoms with Crippen LogP contribution < -0.4 is 0 Å². The van der Waals surface area contributed by atoms with Crippen LogP contribution in [0.25, 0.3) is 0 Å². The largest absolute Gasteiger partial charge is 0.394 e. The summed E-state index contributed by atoms with van der Waals surface area (Å²) in [4.78, 5) is 14.3. The molecule has 7 aliphatic rings. The van der Waals surface area contributed by atoms with Gasteiger partial charge in [-0.1, -0.05) is 34.6 Å². The predicted molar refractivity (Wildman–Crippen MR) is 220 cm³/mol. The van der Waals surface area contributed by atoms with Gasteiger partial charge in [0.1, 0.15) is 72.9 Å². The van der Waals surface area contributed by atoms with Crippen LogP contribution in [0.2, 0.25) is 0 Å². The standard InChI is InChI=1S/C45H76O19/c1-17(2)40(64-42-38(57)34(53)31(50)19(4)60-42)27(49)11-18(3)30-26(48)14-23-21-13-25(47)24-12-20(7-9-44(24,5)22(21)8-10-45(23,30)6)61-43-39(58)36(55)33(52)29(63-43)16-59-41-37(56)35(54)32(51)28(15-46)62-41/h17-24,26-43,46,48-58H,7-16H2,1-6H3/t18-,19-,20+,21-,22+,23+,24-,26+,27-,28-,29-,30+,31+,32-,33-,34+,35+,36+,37-,38-,39-,40+,41-,42+,43-,44-,45+/m1/s1. The summed E-state index contributed by atoms with van der Waals surface area (Å²) in [5, 5.41) is 127. The molecule has 0 aromatic heterocycles. The molecule has 12 N–H and O–H groups in total. The molecule has 0 spiro atoms. The molecule has 3 aliphatic heterocycles. The van der Waals surface area contributed by atoms with Crippen molar-refractivity contribution in [2.75, 3.05) is 13.2 Å². The first kappa shape index (κ1) is 50.8. The molecule has 0 radical (unpaired) electrons. The summed E-state index contributed by atoms with van der Waals surface area (Å²) in [7, 11) is 0. The molecule has 7 rings (SSSR count). The third-order valence-corrected chi connectivity index (χ3v) is 17.1. The van der Waals surface area contributed by atoms with E-state index >= 15 is 0 Å². The van der Waals surface area contributed by atoms with Crippen LogP contribution >= 0.6 is 0 Å². The lowest BCUT2D eigenvalue weighted by Gasteiger charge is -2.60. The van der Waals surface area contributed by atoms with Crippen LogP contribution in [0.1, 0.15) is 92.9 Å². The molecule has 0 aromatic carbocycles. The topological polar surface area (TPSA) is 315 Å². The summed E-state index contributed by atoms with van der Waals surface area (Å²) in [5.41, 5.74) is -0.663. The fourth-order valence-corrected chi connectivity index (χ4v) is 13.6. The van der Waals surface area contributed by atoms with Crippen LogP contribution in [0.4, 0.5) is 0 Å². The number of fused-ring (bicyclic) bond motifs is 5. The van der Waals surface area contributed by atoms with Crippen LogP contribution in [-0.2, 0) is 33.2 Å². The van der Waals surface area contributed by atoms with E-state index in [4.69, 9.17) is 28.4 Å². The molecule has 0 unspecified atom stereocenters. The van der Waals surface area contributed by atoms with E-state index in [1.165, 1.54) is 0 Å². The zero-order chi connectivity index (χ0) is 46.9. The first-order valence-electron chi connectivity index (χ1n) is 23.5. The molecule has 27 atom stereocenters. The lowest BCUT2D eigenvalue weighted by molar-refractivity contribution is -0.337. The number of hydrogen-bond acceptors (Lipinski definition) is 19. The number of rotatable bonds is 13.